The fourth-order valence-corrected chi connectivity index (χ4v) is 1.80. The molecule has 0 aliphatic heterocycles. The lowest BCUT2D eigenvalue weighted by molar-refractivity contribution is 0.247. The quantitative estimate of drug-likeness (QED) is 0.596. The normalized spacial score (nSPS) is 10.1. The van der Waals surface area contributed by atoms with Gasteiger partial charge in [0.05, 0.1) is 19.8 Å². The number of benzene rings is 2. The Bertz CT molecular complexity index is 523. The molecule has 4 nitrogen and oxygen atoms in total. The van der Waals surface area contributed by atoms with Gasteiger partial charge in [-0.3, -0.25) is 0 Å². The van der Waals surface area contributed by atoms with Gasteiger partial charge in [0.1, 0.15) is 17.2 Å². The van der Waals surface area contributed by atoms with Crippen LogP contribution in [0.3, 0.4) is 0 Å². The molecule has 2 aromatic carbocycles. The van der Waals surface area contributed by atoms with E-state index in [0.29, 0.717) is 19.8 Å². The van der Waals surface area contributed by atoms with E-state index in [-0.39, 0.29) is 0 Å². The molecule has 2 N–H and O–H groups in total. The number of ether oxygens (including phenoxy) is 3. The predicted octanol–water partition coefficient (Wildman–Crippen LogP) is 3.52. The zero-order valence-corrected chi connectivity index (χ0v) is 12.2. The van der Waals surface area contributed by atoms with E-state index in [1.807, 2.05) is 55.5 Å². The number of rotatable bonds is 8. The second-order valence-electron chi connectivity index (χ2n) is 4.52. The summed E-state index contributed by atoms with van der Waals surface area (Å²) in [7, 11) is 0. The van der Waals surface area contributed by atoms with E-state index in [4.69, 9.17) is 19.9 Å². The molecule has 0 aliphatic carbocycles. The average molecular weight is 287 g/mol. The molecule has 0 saturated carbocycles. The maximum absolute atomic E-state index is 5.64. The van der Waals surface area contributed by atoms with E-state index >= 15 is 0 Å². The van der Waals surface area contributed by atoms with Crippen LogP contribution in [0.2, 0.25) is 0 Å². The SMILES string of the molecule is CCOc1ccc(OCCCOc2ccc(N)cc2)cc1. The summed E-state index contributed by atoms with van der Waals surface area (Å²) in [5.41, 5.74) is 6.35. The number of hydrogen-bond donors (Lipinski definition) is 1. The van der Waals surface area contributed by atoms with Crippen molar-refractivity contribution >= 4 is 5.69 Å². The highest BCUT2D eigenvalue weighted by molar-refractivity contribution is 5.41. The second-order valence-corrected chi connectivity index (χ2v) is 4.52. The molecule has 2 rings (SSSR count). The van der Waals surface area contributed by atoms with E-state index in [0.717, 1.165) is 29.4 Å². The van der Waals surface area contributed by atoms with Crippen molar-refractivity contribution in [3.05, 3.63) is 48.5 Å². The van der Waals surface area contributed by atoms with Crippen molar-refractivity contribution in [2.45, 2.75) is 13.3 Å². The molecule has 0 amide bonds. The Hall–Kier alpha value is -2.36. The fourth-order valence-electron chi connectivity index (χ4n) is 1.80. The molecule has 0 bridgehead atoms. The maximum atomic E-state index is 5.64. The van der Waals surface area contributed by atoms with Crippen molar-refractivity contribution in [3.8, 4) is 17.2 Å². The third-order valence-corrected chi connectivity index (χ3v) is 2.84. The minimum atomic E-state index is 0.612. The molecule has 112 valence electrons. The van der Waals surface area contributed by atoms with Gasteiger partial charge in [-0.15, -0.1) is 0 Å². The number of nitrogens with two attached hydrogens (primary N) is 1. The molecule has 0 radical (unpaired) electrons. The maximum Gasteiger partial charge on any atom is 0.119 e. The molecule has 0 atom stereocenters. The van der Waals surface area contributed by atoms with Gasteiger partial charge >= 0.3 is 0 Å². The zero-order chi connectivity index (χ0) is 14.9. The number of anilines is 1. The minimum Gasteiger partial charge on any atom is -0.494 e. The minimum absolute atomic E-state index is 0.612. The van der Waals surface area contributed by atoms with E-state index in [1.54, 1.807) is 0 Å². The lowest BCUT2D eigenvalue weighted by Crippen LogP contribution is -2.05. The van der Waals surface area contributed by atoms with Crippen LogP contribution in [-0.2, 0) is 0 Å². The highest BCUT2D eigenvalue weighted by atomic mass is 16.5. The van der Waals surface area contributed by atoms with Crippen LogP contribution in [0.15, 0.2) is 48.5 Å². The summed E-state index contributed by atoms with van der Waals surface area (Å²) in [6.07, 6.45) is 0.817. The number of nitrogen functional groups attached to an aromatic ring is 1. The molecule has 0 spiro atoms. The highest BCUT2D eigenvalue weighted by Gasteiger charge is 1.97. The van der Waals surface area contributed by atoms with E-state index in [9.17, 15) is 0 Å². The number of hydrogen-bond acceptors (Lipinski definition) is 4. The largest absolute Gasteiger partial charge is 0.494 e. The molecule has 0 heterocycles. The van der Waals surface area contributed by atoms with Crippen molar-refractivity contribution < 1.29 is 14.2 Å². The highest BCUT2D eigenvalue weighted by Crippen LogP contribution is 2.18. The third-order valence-electron chi connectivity index (χ3n) is 2.84. The topological polar surface area (TPSA) is 53.7 Å². The zero-order valence-electron chi connectivity index (χ0n) is 12.2. The average Bonchev–Trinajstić information content (AvgIpc) is 2.51. The van der Waals surface area contributed by atoms with Crippen molar-refractivity contribution in [1.82, 2.24) is 0 Å². The van der Waals surface area contributed by atoms with Crippen LogP contribution in [0.4, 0.5) is 5.69 Å². The van der Waals surface area contributed by atoms with Gasteiger partial charge in [-0.05, 0) is 55.5 Å². The first-order valence-electron chi connectivity index (χ1n) is 7.12. The lowest BCUT2D eigenvalue weighted by Gasteiger charge is -2.09. The van der Waals surface area contributed by atoms with Gasteiger partial charge in [0.25, 0.3) is 0 Å². The Labute approximate surface area is 125 Å². The summed E-state index contributed by atoms with van der Waals surface area (Å²) < 4.78 is 16.6. The van der Waals surface area contributed by atoms with Gasteiger partial charge < -0.3 is 19.9 Å². The standard InChI is InChI=1S/C17H21NO3/c1-2-19-15-8-10-17(11-9-15)21-13-3-12-20-16-6-4-14(18)5-7-16/h4-11H,2-3,12-13,18H2,1H3. The van der Waals surface area contributed by atoms with E-state index < -0.39 is 0 Å². The molecule has 4 heteroatoms. The monoisotopic (exact) mass is 287 g/mol. The van der Waals surface area contributed by atoms with E-state index in [1.165, 1.54) is 0 Å². The van der Waals surface area contributed by atoms with Crippen LogP contribution in [-0.4, -0.2) is 19.8 Å². The van der Waals surface area contributed by atoms with Crippen molar-refractivity contribution in [1.29, 1.82) is 0 Å². The van der Waals surface area contributed by atoms with Crippen LogP contribution in [0.1, 0.15) is 13.3 Å². The smallest absolute Gasteiger partial charge is 0.119 e. The molecule has 21 heavy (non-hydrogen) atoms. The first kappa shape index (κ1) is 15.0. The molecule has 0 saturated heterocycles. The summed E-state index contributed by atoms with van der Waals surface area (Å²) in [6.45, 7) is 3.86. The van der Waals surface area contributed by atoms with Crippen LogP contribution in [0.5, 0.6) is 17.2 Å². The van der Waals surface area contributed by atoms with Gasteiger partial charge in [-0.2, -0.15) is 0 Å². The summed E-state index contributed by atoms with van der Waals surface area (Å²) >= 11 is 0. The van der Waals surface area contributed by atoms with Gasteiger partial charge in [0.2, 0.25) is 0 Å². The molecule has 2 aromatic rings. The molecule has 0 aliphatic rings. The van der Waals surface area contributed by atoms with Gasteiger partial charge in [-0.1, -0.05) is 0 Å². The Morgan fingerprint density at radius 3 is 1.62 bits per heavy atom. The van der Waals surface area contributed by atoms with Gasteiger partial charge in [-0.25, -0.2) is 0 Å². The molecule has 0 aromatic heterocycles. The summed E-state index contributed by atoms with van der Waals surface area (Å²) in [6, 6.07) is 15.0. The third kappa shape index (κ3) is 5.26. The van der Waals surface area contributed by atoms with Gasteiger partial charge in [0.15, 0.2) is 0 Å². The Kier molecular flexibility index (Phi) is 5.76. The van der Waals surface area contributed by atoms with Crippen LogP contribution in [0, 0.1) is 0 Å². The second kappa shape index (κ2) is 8.04. The Morgan fingerprint density at radius 1 is 0.714 bits per heavy atom. The predicted molar refractivity (Wildman–Crippen MR) is 84.1 cm³/mol. The summed E-state index contributed by atoms with van der Waals surface area (Å²) in [5, 5.41) is 0. The summed E-state index contributed by atoms with van der Waals surface area (Å²) in [4.78, 5) is 0. The Balaban J connectivity index is 1.64. The first-order valence-corrected chi connectivity index (χ1v) is 7.12. The van der Waals surface area contributed by atoms with Crippen LogP contribution in [0.25, 0.3) is 0 Å². The molecule has 0 fully saturated rings. The summed E-state index contributed by atoms with van der Waals surface area (Å²) in [5.74, 6) is 2.52. The lowest BCUT2D eigenvalue weighted by atomic mass is 10.3. The van der Waals surface area contributed by atoms with Crippen molar-refractivity contribution in [2.75, 3.05) is 25.6 Å². The van der Waals surface area contributed by atoms with Crippen molar-refractivity contribution in [3.63, 3.8) is 0 Å². The Morgan fingerprint density at radius 2 is 1.14 bits per heavy atom. The van der Waals surface area contributed by atoms with E-state index in [2.05, 4.69) is 0 Å². The molecular formula is C17H21NO3. The van der Waals surface area contributed by atoms with Gasteiger partial charge in [0, 0.05) is 12.1 Å². The van der Waals surface area contributed by atoms with Crippen LogP contribution >= 0.6 is 0 Å². The van der Waals surface area contributed by atoms with Crippen LogP contribution < -0.4 is 19.9 Å². The fraction of sp³-hybridized carbons (Fsp3) is 0.294. The molecular weight excluding hydrogens is 266 g/mol. The van der Waals surface area contributed by atoms with Crippen molar-refractivity contribution in [2.24, 2.45) is 0 Å². The first-order chi connectivity index (χ1) is 10.3. The molecule has 0 unspecified atom stereocenters.